The molecular weight excluding hydrogens is 470 g/mol. The molecule has 26 heavy (non-hydrogen) atoms. The number of aromatic nitrogens is 1. The van der Waals surface area contributed by atoms with Gasteiger partial charge in [-0.05, 0) is 31.2 Å². The Morgan fingerprint density at radius 2 is 1.69 bits per heavy atom. The minimum atomic E-state index is -5.47. The largest absolute Gasteiger partial charge is 0.369 e. The van der Waals surface area contributed by atoms with E-state index in [0.29, 0.717) is 10.8 Å². The zero-order chi connectivity index (χ0) is 19.8. The molecule has 0 aliphatic rings. The van der Waals surface area contributed by atoms with Crippen LogP contribution in [-0.2, 0) is 15.7 Å². The van der Waals surface area contributed by atoms with E-state index in [2.05, 4.69) is 21.2 Å². The molecule has 9 nitrogen and oxygen atoms in total. The lowest BCUT2D eigenvalue weighted by Gasteiger charge is -2.28. The van der Waals surface area contributed by atoms with Crippen LogP contribution in [0.2, 0.25) is 0 Å². The van der Waals surface area contributed by atoms with Crippen molar-refractivity contribution < 1.29 is 38.4 Å². The molecule has 2 aromatic rings. The third-order valence-corrected chi connectivity index (χ3v) is 9.12. The molecule has 6 N–H and O–H groups in total. The van der Waals surface area contributed by atoms with Crippen molar-refractivity contribution in [1.82, 2.24) is 0 Å². The maximum Gasteiger partial charge on any atom is 0.369 e. The zero-order valence-electron chi connectivity index (χ0n) is 13.5. The van der Waals surface area contributed by atoms with E-state index in [4.69, 9.17) is 0 Å². The Balaban J connectivity index is 2.27. The SMILES string of the molecule is Cc1csc(Nc2ccc(Br)cc2)[n+]1CCC(O)(P(=O)(O)O)P(=O)(O)O. The minimum Gasteiger partial charge on any atom is -0.367 e. The number of rotatable bonds is 7. The highest BCUT2D eigenvalue weighted by molar-refractivity contribution is 9.10. The molecule has 0 radical (unpaired) electrons. The summed E-state index contributed by atoms with van der Waals surface area (Å²) < 4.78 is 25.4. The molecule has 0 unspecified atom stereocenters. The lowest BCUT2D eigenvalue weighted by Crippen LogP contribution is -2.41. The molecule has 0 atom stereocenters. The highest BCUT2D eigenvalue weighted by Crippen LogP contribution is 2.68. The van der Waals surface area contributed by atoms with E-state index in [1.54, 1.807) is 16.9 Å². The molecule has 144 valence electrons. The first-order valence-corrected chi connectivity index (χ1v) is 12.1. The second-order valence-electron chi connectivity index (χ2n) is 5.58. The van der Waals surface area contributed by atoms with Gasteiger partial charge >= 0.3 is 20.3 Å². The molecule has 0 aliphatic heterocycles. The van der Waals surface area contributed by atoms with Crippen LogP contribution < -0.4 is 9.88 Å². The van der Waals surface area contributed by atoms with Crippen molar-refractivity contribution in [2.45, 2.75) is 25.0 Å². The summed E-state index contributed by atoms with van der Waals surface area (Å²) in [5.74, 6) is 0. The minimum absolute atomic E-state index is 0.207. The van der Waals surface area contributed by atoms with Gasteiger partial charge in [-0.25, -0.2) is 9.88 Å². The van der Waals surface area contributed by atoms with Gasteiger partial charge in [0.25, 0.3) is 5.08 Å². The molecule has 1 aromatic carbocycles. The number of thiazole rings is 1. The molecular formula is C13H18BrN2O7P2S+. The Labute approximate surface area is 161 Å². The summed E-state index contributed by atoms with van der Waals surface area (Å²) in [5.41, 5.74) is 1.46. The number of anilines is 2. The normalized spacial score (nSPS) is 13.0. The van der Waals surface area contributed by atoms with E-state index in [-0.39, 0.29) is 6.54 Å². The number of halogens is 1. The highest BCUT2D eigenvalue weighted by atomic mass is 79.9. The smallest absolute Gasteiger partial charge is 0.367 e. The standard InChI is InChI=1S/C13H17BrN2O7P2S/c1-9-8-26-12(15-11-4-2-10(14)3-5-11)16(9)7-6-13(17,24(18,19)20)25(21,22)23/h2-5,8,17H,6-7H2,1H3,(H4,18,19,20,21,22,23)/p+1. The second kappa shape index (κ2) is 7.79. The van der Waals surface area contributed by atoms with Gasteiger partial charge in [-0.3, -0.25) is 9.13 Å². The predicted molar refractivity (Wildman–Crippen MR) is 100 cm³/mol. The first kappa shape index (κ1) is 21.7. The van der Waals surface area contributed by atoms with Crippen molar-refractivity contribution in [2.75, 3.05) is 5.32 Å². The maximum absolute atomic E-state index is 11.5. The Hall–Kier alpha value is -0.610. The van der Waals surface area contributed by atoms with Gasteiger partial charge in [0.05, 0.1) is 6.54 Å². The lowest BCUT2D eigenvalue weighted by molar-refractivity contribution is -0.686. The second-order valence-corrected chi connectivity index (χ2v) is 11.4. The lowest BCUT2D eigenvalue weighted by atomic mass is 10.3. The molecule has 0 fully saturated rings. The number of hydrogen-bond acceptors (Lipinski definition) is 5. The van der Waals surface area contributed by atoms with Gasteiger partial charge in [0, 0.05) is 16.3 Å². The first-order valence-electron chi connectivity index (χ1n) is 7.19. The van der Waals surface area contributed by atoms with Crippen LogP contribution in [0.25, 0.3) is 0 Å². The van der Waals surface area contributed by atoms with Crippen LogP contribution in [0.4, 0.5) is 10.8 Å². The monoisotopic (exact) mass is 487 g/mol. The van der Waals surface area contributed by atoms with Gasteiger partial charge in [0.2, 0.25) is 0 Å². The molecule has 13 heteroatoms. The molecule has 0 bridgehead atoms. The summed E-state index contributed by atoms with van der Waals surface area (Å²) in [6, 6.07) is 7.27. The summed E-state index contributed by atoms with van der Waals surface area (Å²) in [6.07, 6.45) is -0.821. The van der Waals surface area contributed by atoms with Crippen molar-refractivity contribution in [2.24, 2.45) is 0 Å². The number of nitrogens with one attached hydrogen (secondary N) is 1. The van der Waals surface area contributed by atoms with E-state index in [0.717, 1.165) is 10.2 Å². The van der Waals surface area contributed by atoms with Gasteiger partial charge in [-0.15, -0.1) is 0 Å². The van der Waals surface area contributed by atoms with Gasteiger partial charge in [0.15, 0.2) is 0 Å². The fourth-order valence-corrected chi connectivity index (χ4v) is 5.54. The van der Waals surface area contributed by atoms with Crippen LogP contribution in [-0.4, -0.2) is 29.8 Å². The van der Waals surface area contributed by atoms with E-state index < -0.39 is 26.7 Å². The van der Waals surface area contributed by atoms with Gasteiger partial charge in [-0.2, -0.15) is 0 Å². The molecule has 0 spiro atoms. The average Bonchev–Trinajstić information content (AvgIpc) is 2.85. The van der Waals surface area contributed by atoms with Crippen molar-refractivity contribution >= 4 is 53.3 Å². The Bertz CT molecular complexity index is 855. The number of benzene rings is 1. The molecule has 1 aromatic heterocycles. The van der Waals surface area contributed by atoms with Crippen LogP contribution in [0.15, 0.2) is 34.1 Å². The summed E-state index contributed by atoms with van der Waals surface area (Å²) in [5, 5.41) is 12.1. The maximum atomic E-state index is 11.5. The first-order chi connectivity index (χ1) is 11.8. The summed E-state index contributed by atoms with van der Waals surface area (Å²) in [7, 11) is -10.9. The fourth-order valence-electron chi connectivity index (χ4n) is 2.18. The molecule has 0 saturated heterocycles. The molecule has 0 amide bonds. The summed E-state index contributed by atoms with van der Waals surface area (Å²) in [4.78, 5) is 37.0. The van der Waals surface area contributed by atoms with Crippen LogP contribution in [0.1, 0.15) is 12.1 Å². The number of nitrogens with zero attached hydrogens (tertiary/aromatic N) is 1. The van der Waals surface area contributed by atoms with E-state index in [1.807, 2.05) is 24.3 Å². The van der Waals surface area contributed by atoms with E-state index in [1.165, 1.54) is 11.3 Å². The number of aliphatic hydroxyl groups is 1. The van der Waals surface area contributed by atoms with Crippen LogP contribution in [0.5, 0.6) is 0 Å². The van der Waals surface area contributed by atoms with Crippen LogP contribution in [0.3, 0.4) is 0 Å². The molecule has 0 aliphatic carbocycles. The quantitative estimate of drug-likeness (QED) is 0.257. The Kier molecular flexibility index (Phi) is 6.50. The van der Waals surface area contributed by atoms with Crippen LogP contribution in [0, 0.1) is 6.92 Å². The topological polar surface area (TPSA) is 151 Å². The van der Waals surface area contributed by atoms with Crippen LogP contribution >= 0.6 is 42.5 Å². The third-order valence-electron chi connectivity index (χ3n) is 3.71. The van der Waals surface area contributed by atoms with E-state index >= 15 is 0 Å². The van der Waals surface area contributed by atoms with Gasteiger partial charge < -0.3 is 24.7 Å². The summed E-state index contributed by atoms with van der Waals surface area (Å²) >= 11 is 4.64. The molecule has 0 saturated carbocycles. The zero-order valence-corrected chi connectivity index (χ0v) is 17.7. The Morgan fingerprint density at radius 1 is 1.15 bits per heavy atom. The molecule has 2 rings (SSSR count). The third kappa shape index (κ3) is 4.62. The molecule has 1 heterocycles. The fraction of sp³-hybridized carbons (Fsp3) is 0.308. The Morgan fingerprint density at radius 3 is 2.19 bits per heavy atom. The number of hydrogen-bond donors (Lipinski definition) is 6. The van der Waals surface area contributed by atoms with E-state index in [9.17, 15) is 33.8 Å². The van der Waals surface area contributed by atoms with Crippen molar-refractivity contribution in [3.8, 4) is 0 Å². The average molecular weight is 488 g/mol. The summed E-state index contributed by atoms with van der Waals surface area (Å²) in [6.45, 7) is 1.53. The highest BCUT2D eigenvalue weighted by Gasteiger charge is 2.59. The van der Waals surface area contributed by atoms with Crippen molar-refractivity contribution in [3.63, 3.8) is 0 Å². The predicted octanol–water partition coefficient (Wildman–Crippen LogP) is 2.24. The van der Waals surface area contributed by atoms with Gasteiger partial charge in [-0.1, -0.05) is 27.3 Å². The van der Waals surface area contributed by atoms with Gasteiger partial charge in [0.1, 0.15) is 11.4 Å². The van der Waals surface area contributed by atoms with Crippen molar-refractivity contribution in [3.05, 3.63) is 39.8 Å². The van der Waals surface area contributed by atoms with Crippen molar-refractivity contribution in [1.29, 1.82) is 0 Å². The number of aryl methyl sites for hydroxylation is 1.